The number of ether oxygens (including phenoxy) is 1. The van der Waals surface area contributed by atoms with E-state index in [0.29, 0.717) is 19.0 Å². The summed E-state index contributed by atoms with van der Waals surface area (Å²) in [4.78, 5) is 10.8. The third-order valence-corrected chi connectivity index (χ3v) is 3.25. The van der Waals surface area contributed by atoms with Crippen LogP contribution in [0.25, 0.3) is 0 Å². The summed E-state index contributed by atoms with van der Waals surface area (Å²) < 4.78 is 18.5. The zero-order valence-electron chi connectivity index (χ0n) is 12.4. The number of aromatic nitrogens is 2. The van der Waals surface area contributed by atoms with E-state index < -0.39 is 0 Å². The Bertz CT molecular complexity index is 533. The number of benzene rings is 1. The van der Waals surface area contributed by atoms with Gasteiger partial charge in [-0.1, -0.05) is 12.1 Å². The van der Waals surface area contributed by atoms with Gasteiger partial charge in [-0.3, -0.25) is 4.90 Å². The molecule has 0 spiro atoms. The van der Waals surface area contributed by atoms with Crippen LogP contribution in [0.15, 0.2) is 42.7 Å². The molecule has 4 nitrogen and oxygen atoms in total. The largest absolute Gasteiger partial charge is 0.380 e. The summed E-state index contributed by atoms with van der Waals surface area (Å²) in [6.07, 6.45) is 3.43. The van der Waals surface area contributed by atoms with Crippen molar-refractivity contribution >= 4 is 0 Å². The van der Waals surface area contributed by atoms with Gasteiger partial charge in [-0.25, -0.2) is 14.4 Å². The highest BCUT2D eigenvalue weighted by Crippen LogP contribution is 2.24. The van der Waals surface area contributed by atoms with Gasteiger partial charge in [-0.2, -0.15) is 0 Å². The number of rotatable bonds is 7. The second-order valence-electron chi connectivity index (χ2n) is 4.74. The number of hydrogen-bond acceptors (Lipinski definition) is 4. The Balaban J connectivity index is 2.24. The monoisotopic (exact) mass is 289 g/mol. The Morgan fingerprint density at radius 2 is 1.86 bits per heavy atom. The van der Waals surface area contributed by atoms with Gasteiger partial charge in [0, 0.05) is 25.5 Å². The zero-order valence-corrected chi connectivity index (χ0v) is 12.4. The first-order valence-electron chi connectivity index (χ1n) is 7.02. The maximum atomic E-state index is 13.1. The standard InChI is InChI=1S/C16H20FN3O/c1-3-21-12-11-20(2)15(16-18-9-4-10-19-16)13-5-7-14(17)8-6-13/h4-10,15H,3,11-12H2,1-2H3/t15-/m1/s1. The Morgan fingerprint density at radius 3 is 2.48 bits per heavy atom. The molecule has 1 atom stereocenters. The van der Waals surface area contributed by atoms with Crippen LogP contribution >= 0.6 is 0 Å². The normalized spacial score (nSPS) is 12.6. The molecule has 2 rings (SSSR count). The average molecular weight is 289 g/mol. The van der Waals surface area contributed by atoms with E-state index in [0.717, 1.165) is 12.1 Å². The lowest BCUT2D eigenvalue weighted by Crippen LogP contribution is -2.30. The summed E-state index contributed by atoms with van der Waals surface area (Å²) in [6.45, 7) is 4.04. The van der Waals surface area contributed by atoms with Gasteiger partial charge in [0.25, 0.3) is 0 Å². The van der Waals surface area contributed by atoms with Gasteiger partial charge in [0.2, 0.25) is 0 Å². The highest BCUT2D eigenvalue weighted by Gasteiger charge is 2.21. The smallest absolute Gasteiger partial charge is 0.149 e. The number of likely N-dealkylation sites (N-methyl/N-ethyl adjacent to an activating group) is 1. The summed E-state index contributed by atoms with van der Waals surface area (Å²) >= 11 is 0. The highest BCUT2D eigenvalue weighted by molar-refractivity contribution is 5.25. The quantitative estimate of drug-likeness (QED) is 0.735. The molecule has 1 aromatic heterocycles. The van der Waals surface area contributed by atoms with Crippen LogP contribution in [-0.4, -0.2) is 41.7 Å². The Morgan fingerprint density at radius 1 is 1.19 bits per heavy atom. The van der Waals surface area contributed by atoms with Crippen molar-refractivity contribution in [2.75, 3.05) is 26.8 Å². The predicted octanol–water partition coefficient (Wildman–Crippen LogP) is 2.67. The van der Waals surface area contributed by atoms with Crippen LogP contribution in [0, 0.1) is 5.82 Å². The van der Waals surface area contributed by atoms with Crippen LogP contribution in [0.3, 0.4) is 0 Å². The first-order chi connectivity index (χ1) is 10.2. The van der Waals surface area contributed by atoms with E-state index in [1.54, 1.807) is 30.6 Å². The fourth-order valence-corrected chi connectivity index (χ4v) is 2.18. The number of nitrogens with zero attached hydrogens (tertiary/aromatic N) is 3. The fourth-order valence-electron chi connectivity index (χ4n) is 2.18. The molecule has 112 valence electrons. The Hall–Kier alpha value is -1.85. The SMILES string of the molecule is CCOCCN(C)[C@H](c1ccc(F)cc1)c1ncccn1. The average Bonchev–Trinajstić information content (AvgIpc) is 2.51. The van der Waals surface area contributed by atoms with Crippen LogP contribution in [0.2, 0.25) is 0 Å². The minimum atomic E-state index is -0.247. The second kappa shape index (κ2) is 7.81. The van der Waals surface area contributed by atoms with E-state index >= 15 is 0 Å². The van der Waals surface area contributed by atoms with Crippen molar-refractivity contribution in [1.29, 1.82) is 0 Å². The third kappa shape index (κ3) is 4.31. The fraction of sp³-hybridized carbons (Fsp3) is 0.375. The van der Waals surface area contributed by atoms with Gasteiger partial charge < -0.3 is 4.74 Å². The summed E-state index contributed by atoms with van der Waals surface area (Å²) in [6, 6.07) is 8.13. The molecule has 21 heavy (non-hydrogen) atoms. The first kappa shape index (κ1) is 15.5. The third-order valence-electron chi connectivity index (χ3n) is 3.25. The molecule has 5 heteroatoms. The lowest BCUT2D eigenvalue weighted by molar-refractivity contribution is 0.112. The van der Waals surface area contributed by atoms with Crippen LogP contribution in [-0.2, 0) is 4.74 Å². The van der Waals surface area contributed by atoms with Crippen molar-refractivity contribution in [1.82, 2.24) is 14.9 Å². The molecule has 0 saturated heterocycles. The van der Waals surface area contributed by atoms with Gasteiger partial charge in [0.15, 0.2) is 0 Å². The van der Waals surface area contributed by atoms with Crippen molar-refractivity contribution in [3.63, 3.8) is 0 Å². The second-order valence-corrected chi connectivity index (χ2v) is 4.74. The van der Waals surface area contributed by atoms with Crippen LogP contribution < -0.4 is 0 Å². The van der Waals surface area contributed by atoms with Crippen molar-refractivity contribution in [2.45, 2.75) is 13.0 Å². The molecular formula is C16H20FN3O. The molecular weight excluding hydrogens is 269 g/mol. The Kier molecular flexibility index (Phi) is 5.78. The molecule has 0 saturated carbocycles. The van der Waals surface area contributed by atoms with Crippen LogP contribution in [0.4, 0.5) is 4.39 Å². The van der Waals surface area contributed by atoms with E-state index in [1.165, 1.54) is 12.1 Å². The van der Waals surface area contributed by atoms with Gasteiger partial charge >= 0.3 is 0 Å². The van der Waals surface area contributed by atoms with Crippen LogP contribution in [0.1, 0.15) is 24.4 Å². The van der Waals surface area contributed by atoms with E-state index in [9.17, 15) is 4.39 Å². The molecule has 0 N–H and O–H groups in total. The van der Waals surface area contributed by atoms with Crippen LogP contribution in [0.5, 0.6) is 0 Å². The first-order valence-corrected chi connectivity index (χ1v) is 7.02. The lowest BCUT2D eigenvalue weighted by atomic mass is 10.0. The molecule has 0 bridgehead atoms. The van der Waals surface area contributed by atoms with E-state index in [1.807, 2.05) is 14.0 Å². The molecule has 1 aromatic carbocycles. The summed E-state index contributed by atoms with van der Waals surface area (Å²) in [5.41, 5.74) is 0.960. The van der Waals surface area contributed by atoms with E-state index in [2.05, 4.69) is 14.9 Å². The predicted molar refractivity (Wildman–Crippen MR) is 79.4 cm³/mol. The minimum absolute atomic E-state index is 0.118. The topological polar surface area (TPSA) is 38.2 Å². The molecule has 2 aromatic rings. The molecule has 0 radical (unpaired) electrons. The van der Waals surface area contributed by atoms with E-state index in [-0.39, 0.29) is 11.9 Å². The van der Waals surface area contributed by atoms with E-state index in [4.69, 9.17) is 4.74 Å². The molecule has 0 fully saturated rings. The molecule has 0 aliphatic heterocycles. The molecule has 0 unspecified atom stereocenters. The van der Waals surface area contributed by atoms with Crippen molar-refractivity contribution in [2.24, 2.45) is 0 Å². The van der Waals surface area contributed by atoms with Gasteiger partial charge in [-0.15, -0.1) is 0 Å². The minimum Gasteiger partial charge on any atom is -0.380 e. The van der Waals surface area contributed by atoms with Gasteiger partial charge in [0.05, 0.1) is 12.6 Å². The number of hydrogen-bond donors (Lipinski definition) is 0. The number of halogens is 1. The molecule has 0 aliphatic carbocycles. The molecule has 1 heterocycles. The van der Waals surface area contributed by atoms with Crippen molar-refractivity contribution in [3.8, 4) is 0 Å². The van der Waals surface area contributed by atoms with Gasteiger partial charge in [-0.05, 0) is 37.7 Å². The molecule has 0 aliphatic rings. The summed E-state index contributed by atoms with van der Waals surface area (Å²) in [7, 11) is 1.99. The Labute approximate surface area is 124 Å². The summed E-state index contributed by atoms with van der Waals surface area (Å²) in [5.74, 6) is 0.451. The lowest BCUT2D eigenvalue weighted by Gasteiger charge is -2.27. The van der Waals surface area contributed by atoms with Crippen molar-refractivity contribution < 1.29 is 9.13 Å². The summed E-state index contributed by atoms with van der Waals surface area (Å²) in [5, 5.41) is 0. The van der Waals surface area contributed by atoms with Gasteiger partial charge in [0.1, 0.15) is 11.6 Å². The maximum Gasteiger partial charge on any atom is 0.149 e. The maximum absolute atomic E-state index is 13.1. The molecule has 0 amide bonds. The van der Waals surface area contributed by atoms with Crippen molar-refractivity contribution in [3.05, 3.63) is 59.9 Å². The highest BCUT2D eigenvalue weighted by atomic mass is 19.1. The zero-order chi connectivity index (χ0) is 15.1.